The van der Waals surface area contributed by atoms with Crippen LogP contribution in [0.3, 0.4) is 0 Å². The predicted molar refractivity (Wildman–Crippen MR) is 69.5 cm³/mol. The highest BCUT2D eigenvalue weighted by Crippen LogP contribution is 2.24. The fourth-order valence-electron chi connectivity index (χ4n) is 1.88. The van der Waals surface area contributed by atoms with Crippen LogP contribution in [-0.4, -0.2) is 47.6 Å². The van der Waals surface area contributed by atoms with Gasteiger partial charge in [-0.2, -0.15) is 0 Å². The number of morpholine rings is 1. The molecule has 1 saturated heterocycles. The summed E-state index contributed by atoms with van der Waals surface area (Å²) in [4.78, 5) is 13.9. The Hall–Kier alpha value is -0.970. The summed E-state index contributed by atoms with van der Waals surface area (Å²) in [5.41, 5.74) is 0.194. The Kier molecular flexibility index (Phi) is 4.32. The molecule has 1 fully saturated rings. The van der Waals surface area contributed by atoms with E-state index in [0.717, 1.165) is 0 Å². The first-order valence-corrected chi connectivity index (χ1v) is 6.48. The van der Waals surface area contributed by atoms with Crippen LogP contribution in [-0.2, 0) is 4.74 Å². The number of carbonyl (C=O) groups excluding carboxylic acids is 1. The lowest BCUT2D eigenvalue weighted by molar-refractivity contribution is 0.00441. The van der Waals surface area contributed by atoms with Gasteiger partial charge < -0.3 is 14.7 Å². The summed E-state index contributed by atoms with van der Waals surface area (Å²) in [5.74, 6) is -0.0549. The van der Waals surface area contributed by atoms with E-state index in [1.165, 1.54) is 18.2 Å². The number of phenolic OH excluding ortho intramolecular Hbond substituents is 1. The third kappa shape index (κ3) is 2.71. The van der Waals surface area contributed by atoms with Gasteiger partial charge in [0.05, 0.1) is 24.8 Å². The molecule has 1 N–H and O–H groups in total. The highest BCUT2D eigenvalue weighted by atomic mass is 35.5. The van der Waals surface area contributed by atoms with E-state index < -0.39 is 0 Å². The summed E-state index contributed by atoms with van der Waals surface area (Å²) >= 11 is 11.7. The Balaban J connectivity index is 2.26. The maximum Gasteiger partial charge on any atom is 0.258 e. The maximum atomic E-state index is 12.3. The van der Waals surface area contributed by atoms with Crippen molar-refractivity contribution < 1.29 is 14.6 Å². The Morgan fingerprint density at radius 2 is 2.33 bits per heavy atom. The van der Waals surface area contributed by atoms with E-state index in [1.54, 1.807) is 4.90 Å². The number of hydrogen-bond donors (Lipinski definition) is 1. The van der Waals surface area contributed by atoms with Crippen molar-refractivity contribution in [2.75, 3.05) is 25.6 Å². The number of ether oxygens (including phenoxy) is 1. The van der Waals surface area contributed by atoms with Crippen molar-refractivity contribution in [1.29, 1.82) is 0 Å². The van der Waals surface area contributed by atoms with Crippen LogP contribution in [0, 0.1) is 0 Å². The van der Waals surface area contributed by atoms with Crippen LogP contribution in [0.1, 0.15) is 10.4 Å². The minimum absolute atomic E-state index is 0.0794. The second-order valence-corrected chi connectivity index (χ2v) is 4.79. The van der Waals surface area contributed by atoms with Gasteiger partial charge in [0.15, 0.2) is 0 Å². The van der Waals surface area contributed by atoms with E-state index in [-0.39, 0.29) is 23.3 Å². The molecule has 0 bridgehead atoms. The van der Waals surface area contributed by atoms with E-state index in [1.807, 2.05) is 0 Å². The molecule has 1 atom stereocenters. The van der Waals surface area contributed by atoms with Crippen LogP contribution in [0.25, 0.3) is 0 Å². The topological polar surface area (TPSA) is 49.8 Å². The average Bonchev–Trinajstić information content (AvgIpc) is 2.40. The molecular formula is C12H13Cl2NO3. The lowest BCUT2D eigenvalue weighted by atomic mass is 10.1. The third-order valence-corrected chi connectivity index (χ3v) is 3.45. The molecular weight excluding hydrogens is 277 g/mol. The van der Waals surface area contributed by atoms with Gasteiger partial charge in [0.25, 0.3) is 5.91 Å². The fourth-order valence-corrected chi connectivity index (χ4v) is 2.31. The summed E-state index contributed by atoms with van der Waals surface area (Å²) in [6.45, 7) is 1.35. The minimum Gasteiger partial charge on any atom is -0.507 e. The van der Waals surface area contributed by atoms with Crippen LogP contribution in [0.2, 0.25) is 5.02 Å². The zero-order valence-corrected chi connectivity index (χ0v) is 11.1. The van der Waals surface area contributed by atoms with Crippen molar-refractivity contribution >= 4 is 29.1 Å². The normalized spacial score (nSPS) is 19.9. The van der Waals surface area contributed by atoms with E-state index >= 15 is 0 Å². The van der Waals surface area contributed by atoms with E-state index in [4.69, 9.17) is 27.9 Å². The molecule has 0 radical (unpaired) electrons. The molecule has 4 nitrogen and oxygen atoms in total. The van der Waals surface area contributed by atoms with Crippen molar-refractivity contribution in [1.82, 2.24) is 4.90 Å². The Morgan fingerprint density at radius 3 is 3.06 bits per heavy atom. The summed E-state index contributed by atoms with van der Waals surface area (Å²) < 4.78 is 5.28. The van der Waals surface area contributed by atoms with Gasteiger partial charge in [-0.05, 0) is 18.2 Å². The van der Waals surface area contributed by atoms with Crippen LogP contribution in [0.4, 0.5) is 0 Å². The van der Waals surface area contributed by atoms with Crippen molar-refractivity contribution in [2.45, 2.75) is 6.04 Å². The number of phenols is 1. The number of carbonyl (C=O) groups is 1. The van der Waals surface area contributed by atoms with E-state index in [9.17, 15) is 9.90 Å². The van der Waals surface area contributed by atoms with Crippen LogP contribution >= 0.6 is 23.2 Å². The molecule has 2 rings (SSSR count). The SMILES string of the molecule is O=C(c1cc(Cl)ccc1O)N1CCOCC1CCl. The molecule has 1 aromatic carbocycles. The zero-order chi connectivity index (χ0) is 13.1. The minimum atomic E-state index is -0.274. The number of hydrogen-bond acceptors (Lipinski definition) is 3. The number of alkyl halides is 1. The molecule has 0 aliphatic carbocycles. The monoisotopic (exact) mass is 289 g/mol. The molecule has 6 heteroatoms. The standard InChI is InChI=1S/C12H13Cl2NO3/c13-6-9-7-18-4-3-15(9)12(17)10-5-8(14)1-2-11(10)16/h1-2,5,9,16H,3-4,6-7H2. The van der Waals surface area contributed by atoms with Crippen molar-refractivity contribution in [2.24, 2.45) is 0 Å². The molecule has 98 valence electrons. The molecule has 18 heavy (non-hydrogen) atoms. The Bertz CT molecular complexity index is 453. The molecule has 1 aliphatic rings. The quantitative estimate of drug-likeness (QED) is 0.849. The van der Waals surface area contributed by atoms with Gasteiger partial charge in [-0.15, -0.1) is 11.6 Å². The van der Waals surface area contributed by atoms with E-state index in [2.05, 4.69) is 0 Å². The maximum absolute atomic E-state index is 12.3. The number of amides is 1. The van der Waals surface area contributed by atoms with Crippen molar-refractivity contribution in [3.05, 3.63) is 28.8 Å². The fraction of sp³-hybridized carbons (Fsp3) is 0.417. The van der Waals surface area contributed by atoms with Gasteiger partial charge in [0, 0.05) is 17.4 Å². The number of rotatable bonds is 2. The molecule has 0 saturated carbocycles. The second kappa shape index (κ2) is 5.78. The second-order valence-electron chi connectivity index (χ2n) is 4.04. The first-order chi connectivity index (χ1) is 8.63. The van der Waals surface area contributed by atoms with Crippen molar-refractivity contribution in [3.63, 3.8) is 0 Å². The van der Waals surface area contributed by atoms with E-state index in [0.29, 0.717) is 30.7 Å². The number of benzene rings is 1. The van der Waals surface area contributed by atoms with Gasteiger partial charge in [0.2, 0.25) is 0 Å². The molecule has 1 unspecified atom stereocenters. The van der Waals surface area contributed by atoms with Gasteiger partial charge in [-0.1, -0.05) is 11.6 Å². The number of nitrogens with zero attached hydrogens (tertiary/aromatic N) is 1. The number of aromatic hydroxyl groups is 1. The smallest absolute Gasteiger partial charge is 0.258 e. The highest BCUT2D eigenvalue weighted by molar-refractivity contribution is 6.31. The van der Waals surface area contributed by atoms with Gasteiger partial charge in [0.1, 0.15) is 5.75 Å². The third-order valence-electron chi connectivity index (χ3n) is 2.86. The number of halogens is 2. The summed E-state index contributed by atoms with van der Waals surface area (Å²) in [5, 5.41) is 10.1. The van der Waals surface area contributed by atoms with Crippen molar-refractivity contribution in [3.8, 4) is 5.75 Å². The summed E-state index contributed by atoms with van der Waals surface area (Å²) in [6, 6.07) is 4.23. The molecule has 1 aliphatic heterocycles. The first kappa shape index (κ1) is 13.5. The Labute approximate surface area is 115 Å². The molecule has 0 spiro atoms. The largest absolute Gasteiger partial charge is 0.507 e. The molecule has 1 heterocycles. The van der Waals surface area contributed by atoms with Gasteiger partial charge in [-0.25, -0.2) is 0 Å². The lowest BCUT2D eigenvalue weighted by Crippen LogP contribution is -2.49. The lowest BCUT2D eigenvalue weighted by Gasteiger charge is -2.34. The first-order valence-electron chi connectivity index (χ1n) is 5.56. The van der Waals surface area contributed by atoms with Gasteiger partial charge in [-0.3, -0.25) is 4.79 Å². The molecule has 1 aromatic rings. The highest BCUT2D eigenvalue weighted by Gasteiger charge is 2.28. The van der Waals surface area contributed by atoms with Crippen LogP contribution in [0.5, 0.6) is 5.75 Å². The summed E-state index contributed by atoms with van der Waals surface area (Å²) in [7, 11) is 0. The summed E-state index contributed by atoms with van der Waals surface area (Å²) in [6.07, 6.45) is 0. The zero-order valence-electron chi connectivity index (χ0n) is 9.60. The molecule has 1 amide bonds. The average molecular weight is 290 g/mol. The van der Waals surface area contributed by atoms with Gasteiger partial charge >= 0.3 is 0 Å². The van der Waals surface area contributed by atoms with Crippen LogP contribution in [0.15, 0.2) is 18.2 Å². The molecule has 0 aromatic heterocycles. The Morgan fingerprint density at radius 1 is 1.56 bits per heavy atom. The van der Waals surface area contributed by atoms with Crippen LogP contribution < -0.4 is 0 Å². The predicted octanol–water partition coefficient (Wildman–Crippen LogP) is 2.13.